The molecule has 1 aliphatic rings. The van der Waals surface area contributed by atoms with Crippen molar-refractivity contribution in [1.29, 1.82) is 0 Å². The molecular formula is C22H27N5O. The first-order valence-corrected chi connectivity index (χ1v) is 10.1. The van der Waals surface area contributed by atoms with E-state index in [1.807, 2.05) is 48.1 Å². The topological polar surface area (TPSA) is 63.1 Å². The van der Waals surface area contributed by atoms with Gasteiger partial charge in [-0.05, 0) is 51.9 Å². The fourth-order valence-corrected chi connectivity index (χ4v) is 3.88. The Morgan fingerprint density at radius 2 is 2.04 bits per heavy atom. The number of benzene rings is 1. The normalized spacial score (nSPS) is 15.8. The van der Waals surface area contributed by atoms with Gasteiger partial charge in [0.25, 0.3) is 5.91 Å². The Labute approximate surface area is 165 Å². The second kappa shape index (κ2) is 8.10. The van der Waals surface area contributed by atoms with Gasteiger partial charge in [-0.15, -0.1) is 0 Å². The molecule has 1 atom stereocenters. The smallest absolute Gasteiger partial charge is 0.252 e. The van der Waals surface area contributed by atoms with Crippen molar-refractivity contribution in [2.24, 2.45) is 0 Å². The molecule has 6 nitrogen and oxygen atoms in total. The first-order valence-electron chi connectivity index (χ1n) is 10.1. The van der Waals surface area contributed by atoms with Gasteiger partial charge < -0.3 is 10.2 Å². The summed E-state index contributed by atoms with van der Waals surface area (Å²) >= 11 is 0. The largest absolute Gasteiger partial charge is 0.348 e. The number of nitrogens with one attached hydrogen (secondary N) is 1. The third kappa shape index (κ3) is 3.92. The summed E-state index contributed by atoms with van der Waals surface area (Å²) in [6.45, 7) is 8.07. The van der Waals surface area contributed by atoms with Gasteiger partial charge in [-0.2, -0.15) is 5.10 Å². The molecule has 1 aromatic carbocycles. The first kappa shape index (κ1) is 18.6. The van der Waals surface area contributed by atoms with Crippen molar-refractivity contribution in [2.75, 3.05) is 19.6 Å². The molecule has 1 saturated heterocycles. The highest BCUT2D eigenvalue weighted by atomic mass is 16.1. The van der Waals surface area contributed by atoms with Crippen LogP contribution in [0.5, 0.6) is 0 Å². The molecule has 0 bridgehead atoms. The summed E-state index contributed by atoms with van der Waals surface area (Å²) in [5, 5.41) is 8.40. The van der Waals surface area contributed by atoms with E-state index < -0.39 is 0 Å². The summed E-state index contributed by atoms with van der Waals surface area (Å²) in [6.07, 6.45) is 6.28. The zero-order valence-electron chi connectivity index (χ0n) is 16.6. The number of aromatic nitrogens is 3. The Morgan fingerprint density at radius 3 is 2.79 bits per heavy atom. The molecule has 0 unspecified atom stereocenters. The molecule has 0 spiro atoms. The summed E-state index contributed by atoms with van der Waals surface area (Å²) in [7, 11) is 0. The molecule has 0 aliphatic carbocycles. The van der Waals surface area contributed by atoms with Gasteiger partial charge in [0.2, 0.25) is 0 Å². The van der Waals surface area contributed by atoms with E-state index in [1.54, 1.807) is 6.20 Å². The standard InChI is InChI=1S/C22H27N5O/c1-3-27-15-17(13-23-27)21-12-19(18-8-4-5-9-20(18)25-21)22(28)24-16(2)14-26-10-6-7-11-26/h4-5,8-9,12-13,15-16H,3,6-7,10-11,14H2,1-2H3,(H,24,28)/t16-/m0/s1. The highest BCUT2D eigenvalue weighted by molar-refractivity contribution is 6.07. The highest BCUT2D eigenvalue weighted by Gasteiger charge is 2.19. The van der Waals surface area contributed by atoms with E-state index in [9.17, 15) is 4.79 Å². The Bertz CT molecular complexity index is 974. The van der Waals surface area contributed by atoms with Crippen molar-refractivity contribution in [3.63, 3.8) is 0 Å². The molecule has 3 heterocycles. The average Bonchev–Trinajstić information content (AvgIpc) is 3.38. The number of fused-ring (bicyclic) bond motifs is 1. The van der Waals surface area contributed by atoms with Crippen LogP contribution in [-0.2, 0) is 6.54 Å². The second-order valence-corrected chi connectivity index (χ2v) is 7.54. The van der Waals surface area contributed by atoms with Gasteiger partial charge in [0.1, 0.15) is 0 Å². The molecule has 1 amide bonds. The van der Waals surface area contributed by atoms with Crippen LogP contribution in [0, 0.1) is 0 Å². The summed E-state index contributed by atoms with van der Waals surface area (Å²) in [5.41, 5.74) is 3.18. The minimum Gasteiger partial charge on any atom is -0.348 e. The van der Waals surface area contributed by atoms with Crippen LogP contribution in [0.3, 0.4) is 0 Å². The van der Waals surface area contributed by atoms with Crippen LogP contribution in [0.2, 0.25) is 0 Å². The molecule has 4 rings (SSSR count). The lowest BCUT2D eigenvalue weighted by atomic mass is 10.0. The number of pyridine rings is 1. The zero-order chi connectivity index (χ0) is 19.5. The van der Waals surface area contributed by atoms with Gasteiger partial charge in [0.05, 0.1) is 23.0 Å². The Balaban J connectivity index is 1.63. The van der Waals surface area contributed by atoms with Gasteiger partial charge in [0.15, 0.2) is 0 Å². The number of para-hydroxylation sites is 1. The minimum atomic E-state index is -0.0468. The predicted octanol–water partition coefficient (Wildman–Crippen LogP) is 3.33. The third-order valence-corrected chi connectivity index (χ3v) is 5.32. The number of likely N-dealkylation sites (tertiary alicyclic amines) is 1. The van der Waals surface area contributed by atoms with Crippen molar-refractivity contribution in [2.45, 2.75) is 39.3 Å². The molecule has 2 aromatic heterocycles. The SMILES string of the molecule is CCn1cc(-c2cc(C(=O)N[C@@H](C)CN3CCCC3)c3ccccc3n2)cn1. The second-order valence-electron chi connectivity index (χ2n) is 7.54. The number of amides is 1. The van der Waals surface area contributed by atoms with Crippen molar-refractivity contribution in [1.82, 2.24) is 25.0 Å². The zero-order valence-corrected chi connectivity index (χ0v) is 16.6. The fourth-order valence-electron chi connectivity index (χ4n) is 3.88. The van der Waals surface area contributed by atoms with Gasteiger partial charge in [0, 0.05) is 36.3 Å². The molecule has 1 N–H and O–H groups in total. The molecule has 1 fully saturated rings. The Morgan fingerprint density at radius 1 is 1.25 bits per heavy atom. The quantitative estimate of drug-likeness (QED) is 0.716. The lowest BCUT2D eigenvalue weighted by Crippen LogP contribution is -2.41. The molecule has 146 valence electrons. The molecule has 6 heteroatoms. The number of carbonyl (C=O) groups is 1. The highest BCUT2D eigenvalue weighted by Crippen LogP contribution is 2.25. The monoisotopic (exact) mass is 377 g/mol. The van der Waals surface area contributed by atoms with Gasteiger partial charge in [-0.1, -0.05) is 18.2 Å². The van der Waals surface area contributed by atoms with Crippen LogP contribution in [0.1, 0.15) is 37.0 Å². The number of carbonyl (C=O) groups excluding carboxylic acids is 1. The lowest BCUT2D eigenvalue weighted by Gasteiger charge is -2.21. The van der Waals surface area contributed by atoms with Crippen LogP contribution in [-0.4, -0.2) is 51.2 Å². The maximum absolute atomic E-state index is 13.1. The first-order chi connectivity index (χ1) is 13.6. The number of nitrogens with zero attached hydrogens (tertiary/aromatic N) is 4. The fraction of sp³-hybridized carbons (Fsp3) is 0.409. The van der Waals surface area contributed by atoms with E-state index in [1.165, 1.54) is 12.8 Å². The van der Waals surface area contributed by atoms with Crippen molar-refractivity contribution in [3.8, 4) is 11.3 Å². The van der Waals surface area contributed by atoms with E-state index >= 15 is 0 Å². The number of aryl methyl sites for hydroxylation is 1. The lowest BCUT2D eigenvalue weighted by molar-refractivity contribution is 0.0933. The molecule has 0 saturated carbocycles. The van der Waals surface area contributed by atoms with Gasteiger partial charge in [-0.25, -0.2) is 4.98 Å². The maximum atomic E-state index is 13.1. The number of hydrogen-bond donors (Lipinski definition) is 1. The summed E-state index contributed by atoms with van der Waals surface area (Å²) in [4.78, 5) is 20.3. The van der Waals surface area contributed by atoms with Crippen molar-refractivity contribution in [3.05, 3.63) is 48.3 Å². The summed E-state index contributed by atoms with van der Waals surface area (Å²) < 4.78 is 1.87. The van der Waals surface area contributed by atoms with E-state index in [-0.39, 0.29) is 11.9 Å². The van der Waals surface area contributed by atoms with E-state index in [2.05, 4.69) is 22.2 Å². The van der Waals surface area contributed by atoms with Gasteiger partial charge in [-0.3, -0.25) is 9.48 Å². The third-order valence-electron chi connectivity index (χ3n) is 5.32. The maximum Gasteiger partial charge on any atom is 0.252 e. The molecule has 1 aliphatic heterocycles. The predicted molar refractivity (Wildman–Crippen MR) is 111 cm³/mol. The van der Waals surface area contributed by atoms with Crippen molar-refractivity contribution < 1.29 is 4.79 Å². The summed E-state index contributed by atoms with van der Waals surface area (Å²) in [6, 6.07) is 9.80. The average molecular weight is 377 g/mol. The Kier molecular flexibility index (Phi) is 5.39. The number of rotatable bonds is 6. The van der Waals surface area contributed by atoms with Crippen LogP contribution in [0.15, 0.2) is 42.7 Å². The van der Waals surface area contributed by atoms with E-state index in [4.69, 9.17) is 4.98 Å². The van der Waals surface area contributed by atoms with Crippen molar-refractivity contribution >= 4 is 16.8 Å². The van der Waals surface area contributed by atoms with Crippen LogP contribution < -0.4 is 5.32 Å². The van der Waals surface area contributed by atoms with Crippen LogP contribution >= 0.6 is 0 Å². The van der Waals surface area contributed by atoms with Gasteiger partial charge >= 0.3 is 0 Å². The summed E-state index contributed by atoms with van der Waals surface area (Å²) in [5.74, 6) is -0.0468. The number of hydrogen-bond acceptors (Lipinski definition) is 4. The minimum absolute atomic E-state index is 0.0468. The molecule has 3 aromatic rings. The Hall–Kier alpha value is -2.73. The van der Waals surface area contributed by atoms with E-state index in [0.29, 0.717) is 5.56 Å². The molecule has 0 radical (unpaired) electrons. The van der Waals surface area contributed by atoms with E-state index in [0.717, 1.165) is 48.3 Å². The van der Waals surface area contributed by atoms with Crippen LogP contribution in [0.25, 0.3) is 22.2 Å². The molecule has 28 heavy (non-hydrogen) atoms. The van der Waals surface area contributed by atoms with Crippen LogP contribution in [0.4, 0.5) is 0 Å². The molecular weight excluding hydrogens is 350 g/mol.